The van der Waals surface area contributed by atoms with Crippen LogP contribution in [-0.4, -0.2) is 74.5 Å². The molecule has 172 valence electrons. The topological polar surface area (TPSA) is 74.2 Å². The number of rotatable bonds is 5. The summed E-state index contributed by atoms with van der Waals surface area (Å²) in [6.07, 6.45) is 4.69. The lowest BCUT2D eigenvalue weighted by Crippen LogP contribution is -2.50. The van der Waals surface area contributed by atoms with Crippen molar-refractivity contribution in [2.45, 2.75) is 32.1 Å². The Hall–Kier alpha value is -1.84. The zero-order valence-corrected chi connectivity index (χ0v) is 20.9. The summed E-state index contributed by atoms with van der Waals surface area (Å²) in [5.41, 5.74) is 1.38. The van der Waals surface area contributed by atoms with E-state index in [4.69, 9.17) is 4.74 Å². The molecular weight excluding hydrogens is 507 g/mol. The zero-order chi connectivity index (χ0) is 21.3. The molecule has 0 unspecified atom stereocenters. The number of guanidine groups is 1. The van der Waals surface area contributed by atoms with Gasteiger partial charge in [0.1, 0.15) is 0 Å². The van der Waals surface area contributed by atoms with Crippen LogP contribution in [0.5, 0.6) is 0 Å². The van der Waals surface area contributed by atoms with Crippen molar-refractivity contribution in [3.63, 3.8) is 0 Å². The van der Waals surface area contributed by atoms with Crippen molar-refractivity contribution in [1.29, 1.82) is 0 Å². The highest BCUT2D eigenvalue weighted by molar-refractivity contribution is 14.0. The fourth-order valence-electron chi connectivity index (χ4n) is 4.43. The number of likely N-dealkylation sites (tertiary alicyclic amines) is 2. The van der Waals surface area contributed by atoms with Crippen molar-refractivity contribution < 1.29 is 14.3 Å². The number of piperidine rings is 2. The van der Waals surface area contributed by atoms with Gasteiger partial charge in [0.2, 0.25) is 5.91 Å². The molecule has 2 heterocycles. The van der Waals surface area contributed by atoms with Gasteiger partial charge in [-0.3, -0.25) is 14.6 Å². The monoisotopic (exact) mass is 542 g/mol. The van der Waals surface area contributed by atoms with Crippen LogP contribution in [0.25, 0.3) is 0 Å². The number of nitrogens with zero attached hydrogens (tertiary/aromatic N) is 3. The largest absolute Gasteiger partial charge is 0.469 e. The SMILES string of the molecule is CN=C(NCC(=O)N1CCC(Cc2ccccc2)CC1)N1CCC(C(=O)OC)CC1.I. The van der Waals surface area contributed by atoms with Crippen LogP contribution < -0.4 is 5.32 Å². The first-order valence-electron chi connectivity index (χ1n) is 11.0. The van der Waals surface area contributed by atoms with Crippen LogP contribution in [0.2, 0.25) is 0 Å². The molecular formula is C23H35IN4O3. The van der Waals surface area contributed by atoms with Gasteiger partial charge in [0, 0.05) is 33.2 Å². The van der Waals surface area contributed by atoms with E-state index in [1.807, 2.05) is 11.0 Å². The predicted molar refractivity (Wildman–Crippen MR) is 133 cm³/mol. The van der Waals surface area contributed by atoms with E-state index in [0.29, 0.717) is 5.92 Å². The van der Waals surface area contributed by atoms with Crippen molar-refractivity contribution in [3.05, 3.63) is 35.9 Å². The smallest absolute Gasteiger partial charge is 0.308 e. The lowest BCUT2D eigenvalue weighted by atomic mass is 9.90. The number of carbonyl (C=O) groups is 2. The van der Waals surface area contributed by atoms with E-state index in [9.17, 15) is 9.59 Å². The van der Waals surface area contributed by atoms with E-state index in [2.05, 4.69) is 39.5 Å². The van der Waals surface area contributed by atoms with Gasteiger partial charge in [0.25, 0.3) is 0 Å². The van der Waals surface area contributed by atoms with E-state index in [1.165, 1.54) is 12.7 Å². The summed E-state index contributed by atoms with van der Waals surface area (Å²) >= 11 is 0. The molecule has 2 saturated heterocycles. The third-order valence-corrected chi connectivity index (χ3v) is 6.27. The highest BCUT2D eigenvalue weighted by Crippen LogP contribution is 2.22. The van der Waals surface area contributed by atoms with Gasteiger partial charge in [-0.2, -0.15) is 0 Å². The Balaban J connectivity index is 0.00000341. The third kappa shape index (κ3) is 7.36. The van der Waals surface area contributed by atoms with Crippen LogP contribution >= 0.6 is 24.0 Å². The van der Waals surface area contributed by atoms with Crippen LogP contribution in [0.15, 0.2) is 35.3 Å². The van der Waals surface area contributed by atoms with Crippen LogP contribution in [0, 0.1) is 11.8 Å². The van der Waals surface area contributed by atoms with Crippen molar-refractivity contribution in [2.24, 2.45) is 16.8 Å². The number of methoxy groups -OCH3 is 1. The summed E-state index contributed by atoms with van der Waals surface area (Å²) < 4.78 is 4.85. The number of nitrogens with one attached hydrogen (secondary N) is 1. The Kier molecular flexibility index (Phi) is 10.6. The molecule has 2 fully saturated rings. The normalized spacial score (nSPS) is 18.3. The molecule has 1 N–H and O–H groups in total. The van der Waals surface area contributed by atoms with Crippen LogP contribution in [0.1, 0.15) is 31.2 Å². The highest BCUT2D eigenvalue weighted by Gasteiger charge is 2.28. The molecule has 2 aliphatic rings. The fourth-order valence-corrected chi connectivity index (χ4v) is 4.43. The minimum absolute atomic E-state index is 0. The van der Waals surface area contributed by atoms with Crippen LogP contribution in [-0.2, 0) is 20.7 Å². The first-order chi connectivity index (χ1) is 14.6. The number of aliphatic imine (C=N–C) groups is 1. The number of esters is 1. The second-order valence-corrected chi connectivity index (χ2v) is 8.20. The molecule has 0 aliphatic carbocycles. The molecule has 8 heteroatoms. The molecule has 0 radical (unpaired) electrons. The Morgan fingerprint density at radius 1 is 1.03 bits per heavy atom. The minimum atomic E-state index is -0.136. The Labute approximate surface area is 202 Å². The second kappa shape index (κ2) is 12.9. The molecule has 0 atom stereocenters. The van der Waals surface area contributed by atoms with Gasteiger partial charge in [0.15, 0.2) is 5.96 Å². The summed E-state index contributed by atoms with van der Waals surface area (Å²) in [6, 6.07) is 10.6. The molecule has 31 heavy (non-hydrogen) atoms. The van der Waals surface area contributed by atoms with Crippen LogP contribution in [0.3, 0.4) is 0 Å². The Morgan fingerprint density at radius 2 is 1.65 bits per heavy atom. The van der Waals surface area contributed by atoms with E-state index >= 15 is 0 Å². The molecule has 7 nitrogen and oxygen atoms in total. The van der Waals surface area contributed by atoms with Gasteiger partial charge in [-0.1, -0.05) is 30.3 Å². The van der Waals surface area contributed by atoms with Gasteiger partial charge in [-0.25, -0.2) is 0 Å². The molecule has 2 aliphatic heterocycles. The van der Waals surface area contributed by atoms with Gasteiger partial charge in [-0.15, -0.1) is 24.0 Å². The quantitative estimate of drug-likeness (QED) is 0.268. The Bertz CT molecular complexity index is 728. The standard InChI is InChI=1S/C23H34N4O3.HI/c1-24-23(27-14-10-20(11-15-27)22(29)30-2)25-17-21(28)26-12-8-19(9-13-26)16-18-6-4-3-5-7-18;/h3-7,19-20H,8-17H2,1-2H3,(H,24,25);1H. The summed E-state index contributed by atoms with van der Waals surface area (Å²) in [5, 5.41) is 3.21. The second-order valence-electron chi connectivity index (χ2n) is 8.20. The number of hydrogen-bond donors (Lipinski definition) is 1. The first kappa shape index (κ1) is 25.4. The zero-order valence-electron chi connectivity index (χ0n) is 18.6. The lowest BCUT2D eigenvalue weighted by molar-refractivity contribution is -0.146. The van der Waals surface area contributed by atoms with Gasteiger partial charge in [-0.05, 0) is 43.6 Å². The average Bonchev–Trinajstić information content (AvgIpc) is 2.80. The van der Waals surface area contributed by atoms with Crippen molar-refractivity contribution in [1.82, 2.24) is 15.1 Å². The van der Waals surface area contributed by atoms with E-state index in [1.54, 1.807) is 7.05 Å². The summed E-state index contributed by atoms with van der Waals surface area (Å²) in [6.45, 7) is 3.37. The molecule has 1 aromatic rings. The average molecular weight is 542 g/mol. The first-order valence-corrected chi connectivity index (χ1v) is 11.0. The van der Waals surface area contributed by atoms with E-state index in [-0.39, 0.29) is 48.3 Å². The molecule has 1 amide bonds. The number of carbonyl (C=O) groups excluding carboxylic acids is 2. The summed E-state index contributed by atoms with van der Waals surface area (Å²) in [4.78, 5) is 32.8. The maximum atomic E-state index is 12.7. The molecule has 0 aromatic heterocycles. The number of amides is 1. The minimum Gasteiger partial charge on any atom is -0.469 e. The van der Waals surface area contributed by atoms with Gasteiger partial charge < -0.3 is 19.9 Å². The van der Waals surface area contributed by atoms with Crippen LogP contribution in [0.4, 0.5) is 0 Å². The van der Waals surface area contributed by atoms with Gasteiger partial charge in [0.05, 0.1) is 19.6 Å². The molecule has 3 rings (SSSR count). The molecule has 0 spiro atoms. The summed E-state index contributed by atoms with van der Waals surface area (Å²) in [5.74, 6) is 1.32. The van der Waals surface area contributed by atoms with Crippen molar-refractivity contribution >= 4 is 41.8 Å². The van der Waals surface area contributed by atoms with E-state index in [0.717, 1.165) is 64.2 Å². The molecule has 0 bridgehead atoms. The van der Waals surface area contributed by atoms with Gasteiger partial charge >= 0.3 is 5.97 Å². The third-order valence-electron chi connectivity index (χ3n) is 6.27. The number of benzene rings is 1. The fraction of sp³-hybridized carbons (Fsp3) is 0.609. The maximum absolute atomic E-state index is 12.7. The lowest BCUT2D eigenvalue weighted by Gasteiger charge is -2.34. The van der Waals surface area contributed by atoms with E-state index < -0.39 is 0 Å². The van der Waals surface area contributed by atoms with Crippen molar-refractivity contribution in [3.8, 4) is 0 Å². The highest BCUT2D eigenvalue weighted by atomic mass is 127. The summed E-state index contributed by atoms with van der Waals surface area (Å²) in [7, 11) is 3.17. The Morgan fingerprint density at radius 3 is 2.23 bits per heavy atom. The number of hydrogen-bond acceptors (Lipinski definition) is 4. The maximum Gasteiger partial charge on any atom is 0.308 e. The molecule has 0 saturated carbocycles. The number of halogens is 1. The predicted octanol–water partition coefficient (Wildman–Crippen LogP) is 2.55. The number of ether oxygens (including phenoxy) is 1. The molecule has 1 aromatic carbocycles. The van der Waals surface area contributed by atoms with Crippen molar-refractivity contribution in [2.75, 3.05) is 46.9 Å².